The summed E-state index contributed by atoms with van der Waals surface area (Å²) in [6.45, 7) is 3.85. The van der Waals surface area contributed by atoms with Gasteiger partial charge < -0.3 is 4.42 Å². The molecule has 3 N–H and O–H groups in total. The maximum atomic E-state index is 12.1. The van der Waals surface area contributed by atoms with E-state index in [1.165, 1.54) is 0 Å². The molecule has 0 spiro atoms. The molecule has 1 aromatic carbocycles. The third kappa shape index (κ3) is 3.44. The average molecular weight is 329 g/mol. The lowest BCUT2D eigenvalue weighted by atomic mass is 10.2. The van der Waals surface area contributed by atoms with Gasteiger partial charge in [-0.3, -0.25) is 20.7 Å². The van der Waals surface area contributed by atoms with Crippen LogP contribution in [0.15, 0.2) is 59.7 Å². The standard InChI is InChI=1S/C16H13ClN4O2/c1-10(11-4-6-12(17)7-5-11)18-21-16(22)14-9-13(19-20-14)15-3-2-8-23-15/h2-9,18H,1H2,(H,19,20)(H,21,22). The summed E-state index contributed by atoms with van der Waals surface area (Å²) in [5.41, 5.74) is 7.49. The lowest BCUT2D eigenvalue weighted by Crippen LogP contribution is -2.36. The predicted octanol–water partition coefficient (Wildman–Crippen LogP) is 3.23. The number of H-pyrrole nitrogens is 1. The maximum absolute atomic E-state index is 12.1. The highest BCUT2D eigenvalue weighted by Crippen LogP contribution is 2.18. The van der Waals surface area contributed by atoms with Crippen LogP contribution in [-0.4, -0.2) is 16.1 Å². The minimum Gasteiger partial charge on any atom is -0.463 e. The van der Waals surface area contributed by atoms with Crippen molar-refractivity contribution in [1.29, 1.82) is 0 Å². The van der Waals surface area contributed by atoms with E-state index in [0.717, 1.165) is 5.56 Å². The highest BCUT2D eigenvalue weighted by Gasteiger charge is 2.12. The van der Waals surface area contributed by atoms with Gasteiger partial charge in [-0.25, -0.2) is 0 Å². The second kappa shape index (κ2) is 6.41. The number of aromatic amines is 1. The van der Waals surface area contributed by atoms with E-state index < -0.39 is 5.91 Å². The summed E-state index contributed by atoms with van der Waals surface area (Å²) in [5, 5.41) is 7.33. The van der Waals surface area contributed by atoms with Crippen molar-refractivity contribution in [3.8, 4) is 11.5 Å². The first-order valence-corrected chi connectivity index (χ1v) is 7.12. The first-order valence-electron chi connectivity index (χ1n) is 6.74. The van der Waals surface area contributed by atoms with Crippen LogP contribution in [0.2, 0.25) is 5.02 Å². The number of amides is 1. The topological polar surface area (TPSA) is 83.0 Å². The summed E-state index contributed by atoms with van der Waals surface area (Å²) in [7, 11) is 0. The maximum Gasteiger partial charge on any atom is 0.290 e. The van der Waals surface area contributed by atoms with Crippen molar-refractivity contribution >= 4 is 23.2 Å². The molecule has 0 fully saturated rings. The Morgan fingerprint density at radius 1 is 1.22 bits per heavy atom. The van der Waals surface area contributed by atoms with Gasteiger partial charge in [0.15, 0.2) is 11.5 Å². The fourth-order valence-corrected chi connectivity index (χ4v) is 2.04. The number of hydrogen-bond donors (Lipinski definition) is 3. The Hall–Kier alpha value is -2.99. The van der Waals surface area contributed by atoms with E-state index in [1.807, 2.05) is 0 Å². The monoisotopic (exact) mass is 328 g/mol. The number of furan rings is 1. The van der Waals surface area contributed by atoms with Gasteiger partial charge in [-0.15, -0.1) is 0 Å². The van der Waals surface area contributed by atoms with E-state index in [0.29, 0.717) is 22.2 Å². The number of carbonyl (C=O) groups excluding carboxylic acids is 1. The van der Waals surface area contributed by atoms with Crippen molar-refractivity contribution in [2.45, 2.75) is 0 Å². The fourth-order valence-electron chi connectivity index (χ4n) is 1.92. The minimum atomic E-state index is -0.394. The van der Waals surface area contributed by atoms with Gasteiger partial charge in [0.2, 0.25) is 0 Å². The average Bonchev–Trinajstić information content (AvgIpc) is 3.23. The van der Waals surface area contributed by atoms with E-state index in [4.69, 9.17) is 16.0 Å². The van der Waals surface area contributed by atoms with E-state index in [-0.39, 0.29) is 5.69 Å². The Bertz CT molecular complexity index is 822. The molecule has 0 bridgehead atoms. The van der Waals surface area contributed by atoms with Crippen LogP contribution in [0.4, 0.5) is 0 Å². The zero-order valence-corrected chi connectivity index (χ0v) is 12.7. The number of carbonyl (C=O) groups is 1. The number of hydrazine groups is 1. The van der Waals surface area contributed by atoms with E-state index in [1.54, 1.807) is 48.7 Å². The number of aromatic nitrogens is 2. The Morgan fingerprint density at radius 2 is 2.00 bits per heavy atom. The highest BCUT2D eigenvalue weighted by molar-refractivity contribution is 6.30. The van der Waals surface area contributed by atoms with Crippen molar-refractivity contribution in [1.82, 2.24) is 21.0 Å². The van der Waals surface area contributed by atoms with Gasteiger partial charge >= 0.3 is 0 Å². The summed E-state index contributed by atoms with van der Waals surface area (Å²) in [5.74, 6) is 0.212. The molecule has 3 rings (SSSR count). The van der Waals surface area contributed by atoms with Crippen LogP contribution in [0.3, 0.4) is 0 Å². The molecule has 0 radical (unpaired) electrons. The number of nitrogens with one attached hydrogen (secondary N) is 3. The Balaban J connectivity index is 1.61. The molecule has 0 saturated carbocycles. The van der Waals surface area contributed by atoms with Crippen molar-refractivity contribution in [3.63, 3.8) is 0 Å². The van der Waals surface area contributed by atoms with Gasteiger partial charge in [-0.1, -0.05) is 30.3 Å². The molecule has 0 saturated heterocycles. The van der Waals surface area contributed by atoms with Crippen LogP contribution < -0.4 is 10.9 Å². The molecule has 2 heterocycles. The van der Waals surface area contributed by atoms with E-state index in [2.05, 4.69) is 27.6 Å². The zero-order valence-electron chi connectivity index (χ0n) is 12.0. The molecule has 0 aliphatic rings. The summed E-state index contributed by atoms with van der Waals surface area (Å²) in [6, 6.07) is 12.2. The smallest absolute Gasteiger partial charge is 0.290 e. The largest absolute Gasteiger partial charge is 0.463 e. The van der Waals surface area contributed by atoms with Crippen molar-refractivity contribution in [2.75, 3.05) is 0 Å². The van der Waals surface area contributed by atoms with Crippen molar-refractivity contribution < 1.29 is 9.21 Å². The molecule has 0 atom stereocenters. The second-order valence-electron chi connectivity index (χ2n) is 4.71. The lowest BCUT2D eigenvalue weighted by molar-refractivity contribution is 0.0937. The van der Waals surface area contributed by atoms with Crippen LogP contribution in [0, 0.1) is 0 Å². The molecule has 6 nitrogen and oxygen atoms in total. The normalized spacial score (nSPS) is 10.3. The van der Waals surface area contributed by atoms with Gasteiger partial charge in [0.25, 0.3) is 5.91 Å². The second-order valence-corrected chi connectivity index (χ2v) is 5.15. The van der Waals surface area contributed by atoms with Crippen LogP contribution in [0.25, 0.3) is 17.2 Å². The summed E-state index contributed by atoms with van der Waals surface area (Å²) in [6.07, 6.45) is 1.55. The first kappa shape index (κ1) is 14.9. The Kier molecular flexibility index (Phi) is 4.16. The molecule has 23 heavy (non-hydrogen) atoms. The number of hydrogen-bond acceptors (Lipinski definition) is 4. The summed E-state index contributed by atoms with van der Waals surface area (Å²) in [4.78, 5) is 12.1. The van der Waals surface area contributed by atoms with Gasteiger partial charge in [-0.05, 0) is 29.8 Å². The van der Waals surface area contributed by atoms with Crippen LogP contribution in [0.5, 0.6) is 0 Å². The molecular weight excluding hydrogens is 316 g/mol. The lowest BCUT2D eigenvalue weighted by Gasteiger charge is -2.10. The quantitative estimate of drug-likeness (QED) is 0.628. The summed E-state index contributed by atoms with van der Waals surface area (Å²) < 4.78 is 5.23. The van der Waals surface area contributed by atoms with Crippen molar-refractivity contribution in [3.05, 3.63) is 71.6 Å². The van der Waals surface area contributed by atoms with Crippen molar-refractivity contribution in [2.24, 2.45) is 0 Å². The van der Waals surface area contributed by atoms with E-state index >= 15 is 0 Å². The third-order valence-electron chi connectivity index (χ3n) is 3.12. The highest BCUT2D eigenvalue weighted by atomic mass is 35.5. The summed E-state index contributed by atoms with van der Waals surface area (Å²) >= 11 is 5.83. The SMILES string of the molecule is C=C(NNC(=O)c1cc(-c2ccco2)[nH]n1)c1ccc(Cl)cc1. The third-order valence-corrected chi connectivity index (χ3v) is 3.37. The molecule has 7 heteroatoms. The molecule has 0 aliphatic heterocycles. The van der Waals surface area contributed by atoms with Crippen LogP contribution in [0.1, 0.15) is 16.1 Å². The van der Waals surface area contributed by atoms with Gasteiger partial charge in [0.1, 0.15) is 5.69 Å². The number of halogens is 1. The molecule has 2 aromatic heterocycles. The van der Waals surface area contributed by atoms with E-state index in [9.17, 15) is 4.79 Å². The molecule has 1 amide bonds. The Morgan fingerprint density at radius 3 is 2.70 bits per heavy atom. The number of rotatable bonds is 5. The molecule has 0 unspecified atom stereocenters. The van der Waals surface area contributed by atoms with Crippen LogP contribution in [-0.2, 0) is 0 Å². The Labute approximate surface area is 137 Å². The predicted molar refractivity (Wildman–Crippen MR) is 87.4 cm³/mol. The number of benzene rings is 1. The molecular formula is C16H13ClN4O2. The van der Waals surface area contributed by atoms with Crippen LogP contribution >= 0.6 is 11.6 Å². The van der Waals surface area contributed by atoms with Gasteiger partial charge in [0.05, 0.1) is 12.0 Å². The van der Waals surface area contributed by atoms with Gasteiger partial charge in [-0.2, -0.15) is 5.10 Å². The number of nitrogens with zero attached hydrogens (tertiary/aromatic N) is 1. The minimum absolute atomic E-state index is 0.229. The molecule has 116 valence electrons. The molecule has 3 aromatic rings. The zero-order chi connectivity index (χ0) is 16.2. The fraction of sp³-hybridized carbons (Fsp3) is 0. The first-order chi connectivity index (χ1) is 11.1. The molecule has 0 aliphatic carbocycles. The van der Waals surface area contributed by atoms with Gasteiger partial charge in [0, 0.05) is 11.1 Å².